The lowest BCUT2D eigenvalue weighted by Gasteiger charge is -2.32. The summed E-state index contributed by atoms with van der Waals surface area (Å²) in [4.78, 5) is 12.4. The van der Waals surface area contributed by atoms with Crippen molar-refractivity contribution in [3.05, 3.63) is 27.6 Å². The fraction of sp³-hybridized carbons (Fsp3) is 0.462. The summed E-state index contributed by atoms with van der Waals surface area (Å²) in [6, 6.07) is 4.57. The number of amides is 1. The first-order chi connectivity index (χ1) is 8.71. The molecule has 0 bridgehead atoms. The molecule has 0 aliphatic heterocycles. The van der Waals surface area contributed by atoms with Gasteiger partial charge in [0, 0.05) is 15.2 Å². The second-order valence-corrected chi connectivity index (χ2v) is 6.19. The van der Waals surface area contributed by atoms with Gasteiger partial charge in [-0.2, -0.15) is 0 Å². The molecule has 1 N–H and O–H groups in total. The van der Waals surface area contributed by atoms with Gasteiger partial charge in [-0.15, -0.1) is 0 Å². The highest BCUT2D eigenvalue weighted by atomic mass is 127. The summed E-state index contributed by atoms with van der Waals surface area (Å²) < 4.78 is 19.2. The smallest absolute Gasteiger partial charge is 0.407 e. The lowest BCUT2D eigenvalue weighted by Crippen LogP contribution is -2.46. The minimum atomic E-state index is -0.995. The molecule has 0 heterocycles. The molecule has 0 saturated heterocycles. The molecule has 6 heteroatoms. The highest BCUT2D eigenvalue weighted by Crippen LogP contribution is 2.18. The number of ether oxygens (including phenoxy) is 1. The molecule has 0 spiro atoms. The van der Waals surface area contributed by atoms with Crippen LogP contribution in [0.25, 0.3) is 0 Å². The molecule has 0 fully saturated rings. The Kier molecular flexibility index (Phi) is 5.39. The van der Waals surface area contributed by atoms with Crippen LogP contribution >= 0.6 is 22.6 Å². The van der Waals surface area contributed by atoms with E-state index < -0.39 is 11.6 Å². The molecule has 0 aromatic heterocycles. The molecule has 4 nitrogen and oxygen atoms in total. The van der Waals surface area contributed by atoms with Gasteiger partial charge in [0.05, 0.1) is 6.54 Å². The van der Waals surface area contributed by atoms with Crippen molar-refractivity contribution in [2.75, 3.05) is 13.2 Å². The first kappa shape index (κ1) is 16.0. The van der Waals surface area contributed by atoms with Gasteiger partial charge in [0.15, 0.2) is 0 Å². The van der Waals surface area contributed by atoms with E-state index in [0.717, 1.165) is 0 Å². The zero-order chi connectivity index (χ0) is 14.6. The quantitative estimate of drug-likeness (QED) is 0.812. The molecule has 1 aromatic rings. The van der Waals surface area contributed by atoms with E-state index in [4.69, 9.17) is 9.84 Å². The molecular formula is C13H17FINO3. The van der Waals surface area contributed by atoms with Crippen LogP contribution in [-0.4, -0.2) is 34.8 Å². The number of carbonyl (C=O) groups is 1. The fourth-order valence-corrected chi connectivity index (χ4v) is 1.87. The lowest BCUT2D eigenvalue weighted by molar-refractivity contribution is 0.0891. The van der Waals surface area contributed by atoms with Gasteiger partial charge in [0.2, 0.25) is 0 Å². The summed E-state index contributed by atoms with van der Waals surface area (Å²) in [5.74, 6) is 0.0566. The monoisotopic (exact) mass is 381 g/mol. The maximum absolute atomic E-state index is 13.3. The van der Waals surface area contributed by atoms with E-state index in [1.807, 2.05) is 43.4 Å². The molecule has 1 amide bonds. The Balaban J connectivity index is 2.57. The summed E-state index contributed by atoms with van der Waals surface area (Å²) in [5, 5.41) is 9.10. The van der Waals surface area contributed by atoms with Crippen LogP contribution in [0.2, 0.25) is 0 Å². The number of nitrogens with zero attached hydrogens (tertiary/aromatic N) is 1. The molecule has 1 rings (SSSR count). The van der Waals surface area contributed by atoms with Gasteiger partial charge in [0.25, 0.3) is 0 Å². The van der Waals surface area contributed by atoms with Gasteiger partial charge in [-0.1, -0.05) is 0 Å². The Bertz CT molecular complexity index is 460. The maximum Gasteiger partial charge on any atom is 0.407 e. The standard InChI is InChI=1S/C13H17FINO3/c1-13(2,3)16(12(17)18)6-7-19-9-4-5-11(15)10(14)8-9/h4-5,8H,6-7H2,1-3H3,(H,17,18). The van der Waals surface area contributed by atoms with E-state index in [2.05, 4.69) is 0 Å². The van der Waals surface area contributed by atoms with Crippen LogP contribution in [-0.2, 0) is 0 Å². The average molecular weight is 381 g/mol. The van der Waals surface area contributed by atoms with Crippen molar-refractivity contribution in [3.8, 4) is 5.75 Å². The van der Waals surface area contributed by atoms with Gasteiger partial charge in [-0.3, -0.25) is 0 Å². The Labute approximate surface area is 125 Å². The second-order valence-electron chi connectivity index (χ2n) is 5.03. The van der Waals surface area contributed by atoms with Crippen LogP contribution in [0.4, 0.5) is 9.18 Å². The molecule has 0 atom stereocenters. The predicted molar refractivity (Wildman–Crippen MR) is 79.1 cm³/mol. The van der Waals surface area contributed by atoms with Gasteiger partial charge in [-0.25, -0.2) is 9.18 Å². The van der Waals surface area contributed by atoms with E-state index in [-0.39, 0.29) is 19.0 Å². The molecule has 106 valence electrons. The summed E-state index contributed by atoms with van der Waals surface area (Å²) in [7, 11) is 0. The molecule has 0 unspecified atom stereocenters. The minimum absolute atomic E-state index is 0.184. The Morgan fingerprint density at radius 2 is 2.11 bits per heavy atom. The number of hydrogen-bond acceptors (Lipinski definition) is 2. The van der Waals surface area contributed by atoms with Crippen LogP contribution in [0.1, 0.15) is 20.8 Å². The third-order valence-corrected chi connectivity index (χ3v) is 3.39. The molecule has 0 radical (unpaired) electrons. The zero-order valence-corrected chi connectivity index (χ0v) is 13.3. The van der Waals surface area contributed by atoms with Crippen LogP contribution in [0, 0.1) is 9.39 Å². The average Bonchev–Trinajstić information content (AvgIpc) is 2.26. The number of hydrogen-bond donors (Lipinski definition) is 1. The van der Waals surface area contributed by atoms with Gasteiger partial charge in [0.1, 0.15) is 18.2 Å². The number of carboxylic acid groups (broad SMARTS) is 1. The van der Waals surface area contributed by atoms with Gasteiger partial charge in [-0.05, 0) is 55.5 Å². The van der Waals surface area contributed by atoms with Crippen LogP contribution in [0.3, 0.4) is 0 Å². The molecule has 0 aliphatic carbocycles. The predicted octanol–water partition coefficient (Wildman–Crippen LogP) is 3.59. The third-order valence-electron chi connectivity index (χ3n) is 2.52. The number of rotatable bonds is 4. The van der Waals surface area contributed by atoms with Crippen molar-refractivity contribution in [1.82, 2.24) is 4.90 Å². The van der Waals surface area contributed by atoms with Crippen molar-refractivity contribution in [2.24, 2.45) is 0 Å². The number of benzene rings is 1. The van der Waals surface area contributed by atoms with E-state index in [1.165, 1.54) is 11.0 Å². The second kappa shape index (κ2) is 6.40. The fourth-order valence-electron chi connectivity index (χ4n) is 1.54. The topological polar surface area (TPSA) is 49.8 Å². The van der Waals surface area contributed by atoms with Crippen molar-refractivity contribution in [3.63, 3.8) is 0 Å². The molecule has 1 aromatic carbocycles. The van der Waals surface area contributed by atoms with Crippen molar-refractivity contribution >= 4 is 28.7 Å². The SMILES string of the molecule is CC(C)(C)N(CCOc1ccc(I)c(F)c1)C(=O)O. The van der Waals surface area contributed by atoms with E-state index in [0.29, 0.717) is 9.32 Å². The van der Waals surface area contributed by atoms with Crippen LogP contribution in [0.5, 0.6) is 5.75 Å². The Morgan fingerprint density at radius 1 is 1.47 bits per heavy atom. The molecular weight excluding hydrogens is 364 g/mol. The maximum atomic E-state index is 13.3. The highest BCUT2D eigenvalue weighted by molar-refractivity contribution is 14.1. The summed E-state index contributed by atoms with van der Waals surface area (Å²) in [6.45, 7) is 5.85. The minimum Gasteiger partial charge on any atom is -0.492 e. The van der Waals surface area contributed by atoms with E-state index in [9.17, 15) is 9.18 Å². The van der Waals surface area contributed by atoms with Crippen molar-refractivity contribution in [2.45, 2.75) is 26.3 Å². The van der Waals surface area contributed by atoms with E-state index in [1.54, 1.807) is 12.1 Å². The highest BCUT2D eigenvalue weighted by Gasteiger charge is 2.25. The first-order valence-corrected chi connectivity index (χ1v) is 6.88. The first-order valence-electron chi connectivity index (χ1n) is 5.80. The summed E-state index contributed by atoms with van der Waals surface area (Å²) in [6.07, 6.45) is -0.995. The Hall–Kier alpha value is -1.05. The van der Waals surface area contributed by atoms with Crippen LogP contribution < -0.4 is 4.74 Å². The van der Waals surface area contributed by atoms with Gasteiger partial charge >= 0.3 is 6.09 Å². The van der Waals surface area contributed by atoms with Crippen LogP contribution in [0.15, 0.2) is 18.2 Å². The third kappa shape index (κ3) is 4.85. The van der Waals surface area contributed by atoms with Crippen molar-refractivity contribution in [1.29, 1.82) is 0 Å². The van der Waals surface area contributed by atoms with Crippen molar-refractivity contribution < 1.29 is 19.0 Å². The summed E-state index contributed by atoms with van der Waals surface area (Å²) >= 11 is 1.89. The Morgan fingerprint density at radius 3 is 2.58 bits per heavy atom. The lowest BCUT2D eigenvalue weighted by atomic mass is 10.1. The largest absolute Gasteiger partial charge is 0.492 e. The molecule has 19 heavy (non-hydrogen) atoms. The molecule has 0 aliphatic rings. The van der Waals surface area contributed by atoms with E-state index >= 15 is 0 Å². The normalized spacial score (nSPS) is 11.2. The van der Waals surface area contributed by atoms with Gasteiger partial charge < -0.3 is 14.7 Å². The zero-order valence-electron chi connectivity index (χ0n) is 11.1. The molecule has 0 saturated carbocycles. The number of halogens is 2. The summed E-state index contributed by atoms with van der Waals surface area (Å²) in [5.41, 5.74) is -0.494.